The van der Waals surface area contributed by atoms with Crippen LogP contribution in [0.2, 0.25) is 5.02 Å². The molecule has 3 heterocycles. The lowest BCUT2D eigenvalue weighted by atomic mass is 9.99. The highest BCUT2D eigenvalue weighted by Crippen LogP contribution is 2.34. The third kappa shape index (κ3) is 3.07. The monoisotopic (exact) mass is 353 g/mol. The largest absolute Gasteiger partial charge is 0.344 e. The average molecular weight is 354 g/mol. The van der Waals surface area contributed by atoms with E-state index in [9.17, 15) is 0 Å². The van der Waals surface area contributed by atoms with E-state index in [1.165, 1.54) is 27.7 Å². The average Bonchev–Trinajstić information content (AvgIpc) is 2.92. The molecule has 0 amide bonds. The molecule has 4 rings (SSSR count). The number of nitrogens with zero attached hydrogens (tertiary/aromatic N) is 3. The van der Waals surface area contributed by atoms with E-state index in [1.54, 1.807) is 0 Å². The van der Waals surface area contributed by atoms with Crippen molar-refractivity contribution in [2.24, 2.45) is 0 Å². The van der Waals surface area contributed by atoms with E-state index in [2.05, 4.69) is 52.6 Å². The molecule has 2 aromatic heterocycles. The van der Waals surface area contributed by atoms with E-state index in [0.29, 0.717) is 6.04 Å². The van der Waals surface area contributed by atoms with Crippen molar-refractivity contribution in [3.8, 4) is 0 Å². The van der Waals surface area contributed by atoms with Gasteiger partial charge >= 0.3 is 0 Å². The van der Waals surface area contributed by atoms with Gasteiger partial charge in [-0.1, -0.05) is 18.5 Å². The molecule has 1 aromatic carbocycles. The van der Waals surface area contributed by atoms with E-state index in [1.807, 2.05) is 18.5 Å². The van der Waals surface area contributed by atoms with Crippen molar-refractivity contribution < 1.29 is 0 Å². The Kier molecular flexibility index (Phi) is 4.53. The molecule has 0 fully saturated rings. The molecular weight excluding hydrogens is 330 g/mol. The summed E-state index contributed by atoms with van der Waals surface area (Å²) in [6, 6.07) is 11.1. The second-order valence-electron chi connectivity index (χ2n) is 6.96. The molecule has 4 heteroatoms. The van der Waals surface area contributed by atoms with Crippen LogP contribution in [0.15, 0.2) is 42.7 Å². The molecule has 0 saturated heterocycles. The van der Waals surface area contributed by atoms with Gasteiger partial charge in [-0.2, -0.15) is 0 Å². The molecule has 25 heavy (non-hydrogen) atoms. The molecule has 0 aliphatic carbocycles. The van der Waals surface area contributed by atoms with Crippen LogP contribution in [0.5, 0.6) is 0 Å². The lowest BCUT2D eigenvalue weighted by Gasteiger charge is -2.33. The quantitative estimate of drug-likeness (QED) is 0.678. The third-order valence-corrected chi connectivity index (χ3v) is 5.74. The second kappa shape index (κ2) is 6.81. The van der Waals surface area contributed by atoms with Gasteiger partial charge in [-0.25, -0.2) is 0 Å². The number of aromatic nitrogens is 2. The van der Waals surface area contributed by atoms with Gasteiger partial charge in [-0.05, 0) is 61.3 Å². The summed E-state index contributed by atoms with van der Waals surface area (Å²) >= 11 is 6.31. The van der Waals surface area contributed by atoms with E-state index in [0.717, 1.165) is 37.5 Å². The second-order valence-corrected chi connectivity index (χ2v) is 7.40. The van der Waals surface area contributed by atoms with Crippen LogP contribution in [0.1, 0.15) is 30.7 Å². The first-order valence-corrected chi connectivity index (χ1v) is 9.47. The lowest BCUT2D eigenvalue weighted by Crippen LogP contribution is -2.38. The zero-order valence-electron chi connectivity index (χ0n) is 14.9. The number of fused-ring (bicyclic) bond motifs is 3. The van der Waals surface area contributed by atoms with E-state index >= 15 is 0 Å². The highest BCUT2D eigenvalue weighted by atomic mass is 35.5. The number of likely N-dealkylation sites (N-methyl/N-ethyl adjacent to an activating group) is 1. The van der Waals surface area contributed by atoms with Crippen LogP contribution in [0, 0.1) is 0 Å². The molecule has 130 valence electrons. The number of hydrogen-bond donors (Lipinski definition) is 0. The molecule has 0 saturated carbocycles. The molecule has 0 bridgehead atoms. The van der Waals surface area contributed by atoms with E-state index in [4.69, 9.17) is 11.6 Å². The summed E-state index contributed by atoms with van der Waals surface area (Å²) in [7, 11) is 0. The first-order chi connectivity index (χ1) is 12.2. The molecule has 1 aliphatic rings. The van der Waals surface area contributed by atoms with Gasteiger partial charge in [0.25, 0.3) is 0 Å². The van der Waals surface area contributed by atoms with Gasteiger partial charge in [0.05, 0.1) is 0 Å². The third-order valence-electron chi connectivity index (χ3n) is 5.50. The fourth-order valence-corrected chi connectivity index (χ4v) is 4.27. The first-order valence-electron chi connectivity index (χ1n) is 9.09. The Hall–Kier alpha value is -1.84. The Morgan fingerprint density at radius 1 is 1.20 bits per heavy atom. The minimum absolute atomic E-state index is 0.581. The molecule has 0 N–H and O–H groups in total. The van der Waals surface area contributed by atoms with Crippen LogP contribution >= 0.6 is 11.6 Å². The van der Waals surface area contributed by atoms with Gasteiger partial charge < -0.3 is 4.57 Å². The summed E-state index contributed by atoms with van der Waals surface area (Å²) in [4.78, 5) is 6.67. The zero-order valence-corrected chi connectivity index (χ0v) is 15.6. The predicted molar refractivity (Wildman–Crippen MR) is 104 cm³/mol. The Labute approximate surface area is 154 Å². The number of benzene rings is 1. The number of halogens is 1. The van der Waals surface area contributed by atoms with Crippen LogP contribution in [0.4, 0.5) is 0 Å². The minimum atomic E-state index is 0.581. The Morgan fingerprint density at radius 2 is 2.00 bits per heavy atom. The summed E-state index contributed by atoms with van der Waals surface area (Å²) in [5, 5.41) is 2.14. The van der Waals surface area contributed by atoms with Crippen LogP contribution in [-0.2, 0) is 25.9 Å². The number of rotatable bonds is 4. The molecule has 3 nitrogen and oxygen atoms in total. The van der Waals surface area contributed by atoms with E-state index < -0.39 is 0 Å². The molecule has 1 atom stereocenters. The van der Waals surface area contributed by atoms with Crippen molar-refractivity contribution in [3.63, 3.8) is 0 Å². The number of aryl methyl sites for hydroxylation is 2. The topological polar surface area (TPSA) is 21.1 Å². The molecule has 0 radical (unpaired) electrons. The fraction of sp³-hybridized carbons (Fsp3) is 0.381. The Morgan fingerprint density at radius 3 is 2.76 bits per heavy atom. The van der Waals surface area contributed by atoms with Crippen molar-refractivity contribution in [1.82, 2.24) is 14.5 Å². The molecule has 3 aromatic rings. The Bertz CT molecular complexity index is 885. The standard InChI is InChI=1S/C21H24ClN3/c1-3-24-14-19-18-13-17(22)4-5-20(18)25(21(19)12-15(24)2)11-8-16-6-9-23-10-7-16/h4-7,9-10,13,15H,3,8,11-12,14H2,1-2H3. The van der Waals surface area contributed by atoms with Gasteiger partial charge in [0.15, 0.2) is 0 Å². The minimum Gasteiger partial charge on any atom is -0.344 e. The maximum absolute atomic E-state index is 6.31. The van der Waals surface area contributed by atoms with Gasteiger partial charge in [0.2, 0.25) is 0 Å². The summed E-state index contributed by atoms with van der Waals surface area (Å²) in [5.74, 6) is 0. The molecule has 1 aliphatic heterocycles. The maximum atomic E-state index is 6.31. The first kappa shape index (κ1) is 16.6. The van der Waals surface area contributed by atoms with Crippen molar-refractivity contribution in [2.75, 3.05) is 6.54 Å². The lowest BCUT2D eigenvalue weighted by molar-refractivity contribution is 0.192. The van der Waals surface area contributed by atoms with Gasteiger partial charge in [0, 0.05) is 59.6 Å². The summed E-state index contributed by atoms with van der Waals surface area (Å²) in [6.07, 6.45) is 5.87. The molecular formula is C21H24ClN3. The van der Waals surface area contributed by atoms with Crippen molar-refractivity contribution in [1.29, 1.82) is 0 Å². The normalized spacial score (nSPS) is 17.8. The van der Waals surface area contributed by atoms with Crippen molar-refractivity contribution in [2.45, 2.75) is 45.8 Å². The van der Waals surface area contributed by atoms with Gasteiger partial charge in [-0.15, -0.1) is 0 Å². The highest BCUT2D eigenvalue weighted by Gasteiger charge is 2.27. The molecule has 0 spiro atoms. The molecule has 1 unspecified atom stereocenters. The SMILES string of the molecule is CCN1Cc2c(n(CCc3ccncc3)c3ccc(Cl)cc23)CC1C. The van der Waals surface area contributed by atoms with Crippen LogP contribution in [-0.4, -0.2) is 27.0 Å². The van der Waals surface area contributed by atoms with E-state index in [-0.39, 0.29) is 0 Å². The summed E-state index contributed by atoms with van der Waals surface area (Å²) in [6.45, 7) is 7.69. The van der Waals surface area contributed by atoms with Gasteiger partial charge in [-0.3, -0.25) is 9.88 Å². The maximum Gasteiger partial charge on any atom is 0.0487 e. The highest BCUT2D eigenvalue weighted by molar-refractivity contribution is 6.31. The number of pyridine rings is 1. The van der Waals surface area contributed by atoms with Crippen molar-refractivity contribution in [3.05, 3.63) is 64.6 Å². The van der Waals surface area contributed by atoms with Crippen LogP contribution < -0.4 is 0 Å². The fourth-order valence-electron chi connectivity index (χ4n) is 4.10. The Balaban J connectivity index is 1.77. The predicted octanol–water partition coefficient (Wildman–Crippen LogP) is 4.70. The van der Waals surface area contributed by atoms with Crippen molar-refractivity contribution >= 4 is 22.5 Å². The smallest absolute Gasteiger partial charge is 0.0487 e. The summed E-state index contributed by atoms with van der Waals surface area (Å²) in [5.41, 5.74) is 5.60. The summed E-state index contributed by atoms with van der Waals surface area (Å²) < 4.78 is 2.52. The van der Waals surface area contributed by atoms with Crippen LogP contribution in [0.25, 0.3) is 10.9 Å². The van der Waals surface area contributed by atoms with Gasteiger partial charge in [0.1, 0.15) is 0 Å². The van der Waals surface area contributed by atoms with Crippen LogP contribution in [0.3, 0.4) is 0 Å². The number of hydrogen-bond acceptors (Lipinski definition) is 2. The zero-order chi connectivity index (χ0) is 17.4.